The molecule has 1 fully saturated rings. The van der Waals surface area contributed by atoms with E-state index in [-0.39, 0.29) is 18.0 Å². The Morgan fingerprint density at radius 1 is 1.36 bits per heavy atom. The van der Waals surface area contributed by atoms with Crippen LogP contribution in [0.3, 0.4) is 0 Å². The maximum absolute atomic E-state index is 12.3. The van der Waals surface area contributed by atoms with Crippen LogP contribution in [0.2, 0.25) is 0 Å². The fraction of sp³-hybridized carbons (Fsp3) is 0.765. The van der Waals surface area contributed by atoms with Crippen molar-refractivity contribution < 1.29 is 9.21 Å². The molecule has 1 heterocycles. The zero-order chi connectivity index (χ0) is 16.1. The molecule has 0 spiro atoms. The van der Waals surface area contributed by atoms with Crippen molar-refractivity contribution in [3.05, 3.63) is 17.8 Å². The number of carbonyl (C=O) groups is 1. The zero-order valence-corrected chi connectivity index (χ0v) is 14.0. The summed E-state index contributed by atoms with van der Waals surface area (Å²) in [7, 11) is 0. The third-order valence-electron chi connectivity index (χ3n) is 4.51. The highest BCUT2D eigenvalue weighted by molar-refractivity contribution is 5.92. The first kappa shape index (κ1) is 17.0. The van der Waals surface area contributed by atoms with Gasteiger partial charge < -0.3 is 15.5 Å². The molecule has 5 nitrogen and oxygen atoms in total. The molecule has 0 radical (unpaired) electrons. The van der Waals surface area contributed by atoms with E-state index in [4.69, 9.17) is 10.2 Å². The zero-order valence-electron chi connectivity index (χ0n) is 14.0. The molecule has 0 saturated heterocycles. The average Bonchev–Trinajstić information content (AvgIpc) is 2.97. The second kappa shape index (κ2) is 7.77. The standard InChI is InChI=1S/C17H29N3O2/c1-11(2)9-14(18)17-20-15(10-22-17)16(21)19-12(3)13-7-5-4-6-8-13/h10-14H,4-9,18H2,1-3H3,(H,19,21). The number of amides is 1. The molecule has 2 rings (SSSR count). The van der Waals surface area contributed by atoms with Gasteiger partial charge in [0.25, 0.3) is 5.91 Å². The molecular formula is C17H29N3O2. The molecule has 2 atom stereocenters. The number of nitrogens with two attached hydrogens (primary N) is 1. The van der Waals surface area contributed by atoms with Gasteiger partial charge in [0.1, 0.15) is 6.26 Å². The van der Waals surface area contributed by atoms with Crippen LogP contribution in [-0.2, 0) is 0 Å². The predicted molar refractivity (Wildman–Crippen MR) is 86.4 cm³/mol. The molecule has 1 aromatic heterocycles. The third-order valence-corrected chi connectivity index (χ3v) is 4.51. The molecule has 1 aliphatic rings. The van der Waals surface area contributed by atoms with Crippen LogP contribution in [0.15, 0.2) is 10.7 Å². The minimum Gasteiger partial charge on any atom is -0.446 e. The topological polar surface area (TPSA) is 81.1 Å². The summed E-state index contributed by atoms with van der Waals surface area (Å²) in [4.78, 5) is 16.5. The van der Waals surface area contributed by atoms with Crippen molar-refractivity contribution in [2.45, 2.75) is 71.4 Å². The van der Waals surface area contributed by atoms with Gasteiger partial charge in [0.2, 0.25) is 5.89 Å². The molecule has 0 bridgehead atoms. The van der Waals surface area contributed by atoms with Crippen LogP contribution in [-0.4, -0.2) is 16.9 Å². The summed E-state index contributed by atoms with van der Waals surface area (Å²) in [6, 6.07) is -0.0744. The molecule has 2 unspecified atom stereocenters. The number of hydrogen-bond acceptors (Lipinski definition) is 4. The highest BCUT2D eigenvalue weighted by atomic mass is 16.3. The molecule has 0 aliphatic heterocycles. The number of rotatable bonds is 6. The number of oxazole rings is 1. The van der Waals surface area contributed by atoms with E-state index in [2.05, 4.69) is 31.1 Å². The number of nitrogens with one attached hydrogen (secondary N) is 1. The molecule has 0 aromatic carbocycles. The Morgan fingerprint density at radius 2 is 2.05 bits per heavy atom. The minimum absolute atomic E-state index is 0.162. The van der Waals surface area contributed by atoms with Crippen LogP contribution in [0.1, 0.15) is 81.7 Å². The first-order valence-electron chi connectivity index (χ1n) is 8.49. The Balaban J connectivity index is 1.91. The van der Waals surface area contributed by atoms with Crippen molar-refractivity contribution in [2.75, 3.05) is 0 Å². The molecule has 3 N–H and O–H groups in total. The number of nitrogens with zero attached hydrogens (tertiary/aromatic N) is 1. The molecule has 124 valence electrons. The predicted octanol–water partition coefficient (Wildman–Crippen LogP) is 3.42. The van der Waals surface area contributed by atoms with Crippen molar-refractivity contribution in [3.63, 3.8) is 0 Å². The van der Waals surface area contributed by atoms with Gasteiger partial charge >= 0.3 is 0 Å². The third kappa shape index (κ3) is 4.57. The molecule has 5 heteroatoms. The van der Waals surface area contributed by atoms with Gasteiger partial charge in [-0.15, -0.1) is 0 Å². The minimum atomic E-state index is -0.252. The smallest absolute Gasteiger partial charge is 0.273 e. The van der Waals surface area contributed by atoms with Crippen LogP contribution in [0, 0.1) is 11.8 Å². The maximum atomic E-state index is 12.3. The first-order chi connectivity index (χ1) is 10.5. The van der Waals surface area contributed by atoms with E-state index in [1.165, 1.54) is 38.4 Å². The largest absolute Gasteiger partial charge is 0.446 e. The normalized spacial score (nSPS) is 19.1. The highest BCUT2D eigenvalue weighted by Crippen LogP contribution is 2.26. The van der Waals surface area contributed by atoms with E-state index in [1.807, 2.05) is 0 Å². The van der Waals surface area contributed by atoms with Crippen molar-refractivity contribution >= 4 is 5.91 Å². The van der Waals surface area contributed by atoms with Gasteiger partial charge in [0.05, 0.1) is 6.04 Å². The Bertz CT molecular complexity index is 478. The van der Waals surface area contributed by atoms with Gasteiger partial charge in [-0.2, -0.15) is 0 Å². The first-order valence-corrected chi connectivity index (χ1v) is 8.49. The summed E-state index contributed by atoms with van der Waals surface area (Å²) < 4.78 is 5.38. The molecule has 1 aromatic rings. The van der Waals surface area contributed by atoms with E-state index in [9.17, 15) is 4.79 Å². The van der Waals surface area contributed by atoms with E-state index < -0.39 is 0 Å². The Kier molecular flexibility index (Phi) is 6.00. The molecule has 1 saturated carbocycles. The van der Waals surface area contributed by atoms with E-state index in [0.29, 0.717) is 23.4 Å². The summed E-state index contributed by atoms with van der Waals surface area (Å²) in [5, 5.41) is 3.06. The van der Waals surface area contributed by atoms with Gasteiger partial charge in [-0.25, -0.2) is 4.98 Å². The van der Waals surface area contributed by atoms with Crippen molar-refractivity contribution in [1.29, 1.82) is 0 Å². The van der Waals surface area contributed by atoms with Crippen LogP contribution >= 0.6 is 0 Å². The van der Waals surface area contributed by atoms with Crippen LogP contribution in [0.25, 0.3) is 0 Å². The van der Waals surface area contributed by atoms with Crippen LogP contribution < -0.4 is 11.1 Å². The number of hydrogen-bond donors (Lipinski definition) is 2. The SMILES string of the molecule is CC(C)CC(N)c1nc(C(=O)NC(C)C2CCCCC2)co1. The van der Waals surface area contributed by atoms with Crippen molar-refractivity contribution in [2.24, 2.45) is 17.6 Å². The summed E-state index contributed by atoms with van der Waals surface area (Å²) in [5.74, 6) is 1.33. The van der Waals surface area contributed by atoms with Gasteiger partial charge in [0, 0.05) is 6.04 Å². The molecular weight excluding hydrogens is 278 g/mol. The lowest BCUT2D eigenvalue weighted by molar-refractivity contribution is 0.0914. The Hall–Kier alpha value is -1.36. The van der Waals surface area contributed by atoms with E-state index in [1.54, 1.807) is 0 Å². The van der Waals surface area contributed by atoms with Gasteiger partial charge in [0.15, 0.2) is 5.69 Å². The van der Waals surface area contributed by atoms with Crippen molar-refractivity contribution in [1.82, 2.24) is 10.3 Å². The lowest BCUT2D eigenvalue weighted by atomic mass is 9.84. The fourth-order valence-electron chi connectivity index (χ4n) is 3.20. The number of aromatic nitrogens is 1. The quantitative estimate of drug-likeness (QED) is 0.843. The summed E-state index contributed by atoms with van der Waals surface area (Å²) in [5.41, 5.74) is 6.37. The van der Waals surface area contributed by atoms with Crippen LogP contribution in [0.4, 0.5) is 0 Å². The van der Waals surface area contributed by atoms with E-state index >= 15 is 0 Å². The summed E-state index contributed by atoms with van der Waals surface area (Å²) in [6.45, 7) is 6.28. The lowest BCUT2D eigenvalue weighted by Gasteiger charge is -2.27. The number of carbonyl (C=O) groups excluding carboxylic acids is 1. The molecule has 1 aliphatic carbocycles. The van der Waals surface area contributed by atoms with E-state index in [0.717, 1.165) is 6.42 Å². The Morgan fingerprint density at radius 3 is 2.68 bits per heavy atom. The van der Waals surface area contributed by atoms with Gasteiger partial charge in [-0.05, 0) is 38.0 Å². The summed E-state index contributed by atoms with van der Waals surface area (Å²) in [6.07, 6.45) is 8.46. The Labute approximate surface area is 133 Å². The maximum Gasteiger partial charge on any atom is 0.273 e. The van der Waals surface area contributed by atoms with Gasteiger partial charge in [-0.3, -0.25) is 4.79 Å². The second-order valence-corrected chi connectivity index (χ2v) is 6.97. The summed E-state index contributed by atoms with van der Waals surface area (Å²) >= 11 is 0. The van der Waals surface area contributed by atoms with Crippen LogP contribution in [0.5, 0.6) is 0 Å². The second-order valence-electron chi connectivity index (χ2n) is 6.97. The highest BCUT2D eigenvalue weighted by Gasteiger charge is 2.24. The fourth-order valence-corrected chi connectivity index (χ4v) is 3.20. The lowest BCUT2D eigenvalue weighted by Crippen LogP contribution is -2.39. The monoisotopic (exact) mass is 307 g/mol. The van der Waals surface area contributed by atoms with Gasteiger partial charge in [-0.1, -0.05) is 33.1 Å². The molecule has 22 heavy (non-hydrogen) atoms. The van der Waals surface area contributed by atoms with Crippen molar-refractivity contribution in [3.8, 4) is 0 Å². The molecule has 1 amide bonds. The average molecular weight is 307 g/mol.